The zero-order chi connectivity index (χ0) is 20.9. The van der Waals surface area contributed by atoms with Crippen LogP contribution in [0, 0.1) is 0 Å². The van der Waals surface area contributed by atoms with Gasteiger partial charge >= 0.3 is 0 Å². The summed E-state index contributed by atoms with van der Waals surface area (Å²) in [7, 11) is -2.04. The molecule has 7 heteroatoms. The number of hydrogen-bond donors (Lipinski definition) is 1. The smallest absolute Gasteiger partial charge is 0.244 e. The van der Waals surface area contributed by atoms with Crippen LogP contribution in [0.5, 0.6) is 5.75 Å². The van der Waals surface area contributed by atoms with E-state index < -0.39 is 16.1 Å². The van der Waals surface area contributed by atoms with E-state index in [0.717, 1.165) is 33.9 Å². The first kappa shape index (κ1) is 21.8. The largest absolute Gasteiger partial charge is 0.497 e. The zero-order valence-corrected chi connectivity index (χ0v) is 17.8. The van der Waals surface area contributed by atoms with Crippen molar-refractivity contribution in [2.24, 2.45) is 0 Å². The third-order valence-corrected chi connectivity index (χ3v) is 5.90. The number of hydrogen-bond acceptors (Lipinski definition) is 4. The number of nitrogens with zero attached hydrogens (tertiary/aromatic N) is 1. The number of anilines is 1. The van der Waals surface area contributed by atoms with Crippen molar-refractivity contribution < 1.29 is 17.9 Å². The van der Waals surface area contributed by atoms with Gasteiger partial charge in [0.1, 0.15) is 11.8 Å². The lowest BCUT2D eigenvalue weighted by atomic mass is 10.1. The third-order valence-electron chi connectivity index (χ3n) is 4.66. The molecule has 0 spiro atoms. The summed E-state index contributed by atoms with van der Waals surface area (Å²) in [5.74, 6) is 0.364. The molecule has 152 valence electrons. The van der Waals surface area contributed by atoms with E-state index in [1.165, 1.54) is 0 Å². The van der Waals surface area contributed by atoms with E-state index in [0.29, 0.717) is 5.69 Å². The highest BCUT2D eigenvalue weighted by Crippen LogP contribution is 2.23. The van der Waals surface area contributed by atoms with Gasteiger partial charge in [0.25, 0.3) is 0 Å². The maximum absolute atomic E-state index is 12.8. The Morgan fingerprint density at radius 3 is 2.11 bits per heavy atom. The summed E-state index contributed by atoms with van der Waals surface area (Å²) >= 11 is 0. The molecule has 1 amide bonds. The SMILES string of the molecule is CCc1ccc(N([C@H](C)C(=O)N[C@H](C)c2ccc(OC)cc2)S(C)(=O)=O)cc1. The first-order chi connectivity index (χ1) is 13.2. The van der Waals surface area contributed by atoms with Crippen LogP contribution in [-0.2, 0) is 21.2 Å². The molecule has 0 aromatic heterocycles. The fourth-order valence-corrected chi connectivity index (χ4v) is 4.17. The Hall–Kier alpha value is -2.54. The minimum absolute atomic E-state index is 0.273. The molecular weight excluding hydrogens is 376 g/mol. The number of carbonyl (C=O) groups excluding carboxylic acids is 1. The molecule has 0 radical (unpaired) electrons. The predicted molar refractivity (Wildman–Crippen MR) is 112 cm³/mol. The molecule has 2 aromatic carbocycles. The van der Waals surface area contributed by atoms with Crippen LogP contribution in [0.3, 0.4) is 0 Å². The Balaban J connectivity index is 2.20. The summed E-state index contributed by atoms with van der Waals surface area (Å²) in [5.41, 5.74) is 2.47. The molecule has 0 saturated carbocycles. The standard InChI is InChI=1S/C21H28N2O4S/c1-6-17-7-11-19(12-8-17)23(28(5,25)26)16(3)21(24)22-15(2)18-9-13-20(27-4)14-10-18/h7-16H,6H2,1-5H3,(H,22,24)/t15-,16-/m1/s1. The first-order valence-corrected chi connectivity index (χ1v) is 11.0. The van der Waals surface area contributed by atoms with Crippen LogP contribution in [0.25, 0.3) is 0 Å². The van der Waals surface area contributed by atoms with E-state index in [1.807, 2.05) is 50.2 Å². The summed E-state index contributed by atoms with van der Waals surface area (Å²) in [6, 6.07) is 13.4. The maximum atomic E-state index is 12.8. The summed E-state index contributed by atoms with van der Waals surface area (Å²) in [4.78, 5) is 12.8. The number of rotatable bonds is 8. The highest BCUT2D eigenvalue weighted by Gasteiger charge is 2.29. The Morgan fingerprint density at radius 1 is 1.07 bits per heavy atom. The van der Waals surface area contributed by atoms with Gasteiger partial charge in [0, 0.05) is 0 Å². The lowest BCUT2D eigenvalue weighted by Gasteiger charge is -2.29. The quantitative estimate of drug-likeness (QED) is 0.733. The van der Waals surface area contributed by atoms with Gasteiger partial charge in [-0.15, -0.1) is 0 Å². The molecule has 0 unspecified atom stereocenters. The second-order valence-corrected chi connectivity index (χ2v) is 8.62. The monoisotopic (exact) mass is 404 g/mol. The number of aryl methyl sites for hydroxylation is 1. The van der Waals surface area contributed by atoms with Gasteiger partial charge < -0.3 is 10.1 Å². The van der Waals surface area contributed by atoms with E-state index in [2.05, 4.69) is 5.32 Å². The summed E-state index contributed by atoms with van der Waals surface area (Å²) in [6.07, 6.45) is 1.96. The highest BCUT2D eigenvalue weighted by molar-refractivity contribution is 7.92. The lowest BCUT2D eigenvalue weighted by molar-refractivity contribution is -0.122. The highest BCUT2D eigenvalue weighted by atomic mass is 32.2. The zero-order valence-electron chi connectivity index (χ0n) is 17.0. The van der Waals surface area contributed by atoms with Crippen LogP contribution in [0.4, 0.5) is 5.69 Å². The Bertz CT molecular complexity index is 893. The summed E-state index contributed by atoms with van der Waals surface area (Å²) < 4.78 is 31.1. The normalized spacial score (nSPS) is 13.5. The van der Waals surface area contributed by atoms with Crippen LogP contribution < -0.4 is 14.4 Å². The van der Waals surface area contributed by atoms with Gasteiger partial charge in [0.15, 0.2) is 0 Å². The molecule has 28 heavy (non-hydrogen) atoms. The van der Waals surface area contributed by atoms with Gasteiger partial charge in [-0.25, -0.2) is 8.42 Å². The van der Waals surface area contributed by atoms with Crippen LogP contribution >= 0.6 is 0 Å². The van der Waals surface area contributed by atoms with Crippen molar-refractivity contribution in [3.63, 3.8) is 0 Å². The Labute approximate surface area is 167 Å². The van der Waals surface area contributed by atoms with Crippen LogP contribution in [0.1, 0.15) is 37.9 Å². The second-order valence-electron chi connectivity index (χ2n) is 6.76. The molecule has 0 aliphatic heterocycles. The number of methoxy groups -OCH3 is 1. The number of amides is 1. The third kappa shape index (κ3) is 5.25. The molecule has 0 fully saturated rings. The molecule has 0 saturated heterocycles. The predicted octanol–water partition coefficient (Wildman–Crippen LogP) is 3.29. The van der Waals surface area contributed by atoms with Gasteiger partial charge in [-0.3, -0.25) is 9.10 Å². The van der Waals surface area contributed by atoms with Crippen LogP contribution in [0.15, 0.2) is 48.5 Å². The van der Waals surface area contributed by atoms with Crippen molar-refractivity contribution in [3.05, 3.63) is 59.7 Å². The van der Waals surface area contributed by atoms with E-state index in [4.69, 9.17) is 4.74 Å². The molecule has 1 N–H and O–H groups in total. The second kappa shape index (κ2) is 9.10. The minimum Gasteiger partial charge on any atom is -0.497 e. The molecule has 0 bridgehead atoms. The molecule has 0 aliphatic carbocycles. The number of nitrogens with one attached hydrogen (secondary N) is 1. The van der Waals surface area contributed by atoms with Crippen molar-refractivity contribution in [1.29, 1.82) is 0 Å². The summed E-state index contributed by atoms with van der Waals surface area (Å²) in [5, 5.41) is 2.89. The van der Waals surface area contributed by atoms with Gasteiger partial charge in [-0.1, -0.05) is 31.2 Å². The first-order valence-electron chi connectivity index (χ1n) is 9.20. The van der Waals surface area contributed by atoms with Crippen molar-refractivity contribution in [2.75, 3.05) is 17.7 Å². The lowest BCUT2D eigenvalue weighted by Crippen LogP contribution is -2.48. The minimum atomic E-state index is -3.64. The van der Waals surface area contributed by atoms with Crippen LogP contribution in [0.2, 0.25) is 0 Å². The van der Waals surface area contributed by atoms with E-state index in [1.54, 1.807) is 26.2 Å². The average molecular weight is 405 g/mol. The average Bonchev–Trinajstić information content (AvgIpc) is 2.67. The van der Waals surface area contributed by atoms with Gasteiger partial charge in [-0.2, -0.15) is 0 Å². The van der Waals surface area contributed by atoms with Gasteiger partial charge in [0.05, 0.1) is 25.1 Å². The molecule has 2 rings (SSSR count). The van der Waals surface area contributed by atoms with Crippen LogP contribution in [-0.4, -0.2) is 33.7 Å². The van der Waals surface area contributed by atoms with Crippen molar-refractivity contribution in [1.82, 2.24) is 5.32 Å². The maximum Gasteiger partial charge on any atom is 0.244 e. The fraction of sp³-hybridized carbons (Fsp3) is 0.381. The molecule has 2 aromatic rings. The number of benzene rings is 2. The van der Waals surface area contributed by atoms with Crippen molar-refractivity contribution in [3.8, 4) is 5.75 Å². The van der Waals surface area contributed by atoms with E-state index >= 15 is 0 Å². The van der Waals surface area contributed by atoms with Gasteiger partial charge in [-0.05, 0) is 55.7 Å². The number of carbonyl (C=O) groups is 1. The van der Waals surface area contributed by atoms with Crippen molar-refractivity contribution >= 4 is 21.6 Å². The molecule has 0 aliphatic rings. The topological polar surface area (TPSA) is 75.7 Å². The van der Waals surface area contributed by atoms with Crippen molar-refractivity contribution in [2.45, 2.75) is 39.3 Å². The van der Waals surface area contributed by atoms with E-state index in [9.17, 15) is 13.2 Å². The fourth-order valence-electron chi connectivity index (χ4n) is 3.00. The number of ether oxygens (including phenoxy) is 1. The Morgan fingerprint density at radius 2 is 1.64 bits per heavy atom. The number of sulfonamides is 1. The van der Waals surface area contributed by atoms with E-state index in [-0.39, 0.29) is 11.9 Å². The molecular formula is C21H28N2O4S. The molecule has 2 atom stereocenters. The molecule has 0 heterocycles. The summed E-state index contributed by atoms with van der Waals surface area (Å²) in [6.45, 7) is 5.47. The van der Waals surface area contributed by atoms with Gasteiger partial charge in [0.2, 0.25) is 15.9 Å². The Kier molecular flexibility index (Phi) is 7.07. The molecule has 6 nitrogen and oxygen atoms in total.